The molecule has 0 spiro atoms. The summed E-state index contributed by atoms with van der Waals surface area (Å²) >= 11 is 0. The molecule has 0 bridgehead atoms. The van der Waals surface area contributed by atoms with Crippen LogP contribution in [0.3, 0.4) is 0 Å². The number of amides is 1. The van der Waals surface area contributed by atoms with Gasteiger partial charge in [-0.3, -0.25) is 4.79 Å². The maximum absolute atomic E-state index is 12.5. The van der Waals surface area contributed by atoms with E-state index in [0.717, 1.165) is 6.42 Å². The molecule has 1 amide bonds. The Morgan fingerprint density at radius 1 is 1.30 bits per heavy atom. The van der Waals surface area contributed by atoms with Crippen molar-refractivity contribution in [2.75, 3.05) is 0 Å². The summed E-state index contributed by atoms with van der Waals surface area (Å²) in [5.41, 5.74) is 5.79. The highest BCUT2D eigenvalue weighted by Crippen LogP contribution is 2.37. The van der Waals surface area contributed by atoms with Gasteiger partial charge in [0.1, 0.15) is 0 Å². The zero-order valence-corrected chi connectivity index (χ0v) is 12.7. The van der Waals surface area contributed by atoms with Gasteiger partial charge in [0, 0.05) is 6.04 Å². The van der Waals surface area contributed by atoms with Crippen molar-refractivity contribution < 1.29 is 18.0 Å². The van der Waals surface area contributed by atoms with E-state index in [9.17, 15) is 18.0 Å². The lowest BCUT2D eigenvalue weighted by molar-refractivity contribution is -0.182. The molecule has 3 nitrogen and oxygen atoms in total. The standard InChI is InChI=1S/C13H23F3N2O.ClH/c1-3-8(2)11(17)12(19)18-10-6-4-9(5-7-10)13(14,15)16;/h8-11H,3-7,17H2,1-2H3,(H,18,19);1H. The number of carbonyl (C=O) groups is 1. The third kappa shape index (κ3) is 5.48. The number of rotatable bonds is 4. The molecule has 0 aromatic carbocycles. The number of nitrogens with one attached hydrogen (secondary N) is 1. The minimum atomic E-state index is -4.11. The van der Waals surface area contributed by atoms with E-state index in [0.29, 0.717) is 12.8 Å². The van der Waals surface area contributed by atoms with E-state index in [-0.39, 0.29) is 43.1 Å². The van der Waals surface area contributed by atoms with E-state index in [2.05, 4.69) is 5.32 Å². The van der Waals surface area contributed by atoms with Crippen LogP contribution in [0.5, 0.6) is 0 Å². The lowest BCUT2D eigenvalue weighted by Crippen LogP contribution is -2.49. The van der Waals surface area contributed by atoms with Gasteiger partial charge in [-0.1, -0.05) is 20.3 Å². The predicted molar refractivity (Wildman–Crippen MR) is 74.6 cm³/mol. The maximum atomic E-state index is 12.5. The Bertz CT molecular complexity index is 304. The molecule has 2 atom stereocenters. The zero-order valence-electron chi connectivity index (χ0n) is 11.9. The lowest BCUT2D eigenvalue weighted by Gasteiger charge is -2.31. The molecule has 1 saturated carbocycles. The Morgan fingerprint density at radius 2 is 1.80 bits per heavy atom. The molecule has 1 rings (SSSR count). The van der Waals surface area contributed by atoms with Crippen LogP contribution >= 0.6 is 12.4 Å². The van der Waals surface area contributed by atoms with Crippen molar-refractivity contribution in [3.63, 3.8) is 0 Å². The van der Waals surface area contributed by atoms with Crippen LogP contribution in [0, 0.1) is 11.8 Å². The monoisotopic (exact) mass is 316 g/mol. The first-order valence-electron chi connectivity index (χ1n) is 6.88. The summed E-state index contributed by atoms with van der Waals surface area (Å²) in [6.07, 6.45) is -2.37. The molecule has 0 radical (unpaired) electrons. The summed E-state index contributed by atoms with van der Waals surface area (Å²) in [4.78, 5) is 11.8. The molecule has 20 heavy (non-hydrogen) atoms. The van der Waals surface area contributed by atoms with Crippen LogP contribution in [-0.4, -0.2) is 24.2 Å². The summed E-state index contributed by atoms with van der Waals surface area (Å²) in [6.45, 7) is 3.84. The molecule has 3 N–H and O–H groups in total. The van der Waals surface area contributed by atoms with Crippen molar-refractivity contribution in [2.24, 2.45) is 17.6 Å². The Hall–Kier alpha value is -0.490. The van der Waals surface area contributed by atoms with Crippen molar-refractivity contribution in [3.05, 3.63) is 0 Å². The molecule has 0 aliphatic heterocycles. The third-order valence-electron chi connectivity index (χ3n) is 4.10. The Kier molecular flexibility index (Phi) is 7.88. The van der Waals surface area contributed by atoms with Crippen LogP contribution in [0.2, 0.25) is 0 Å². The third-order valence-corrected chi connectivity index (χ3v) is 4.10. The molecule has 7 heteroatoms. The molecule has 0 aromatic rings. The summed E-state index contributed by atoms with van der Waals surface area (Å²) in [5.74, 6) is -1.39. The molecule has 1 fully saturated rings. The minimum Gasteiger partial charge on any atom is -0.352 e. The molecule has 1 aliphatic rings. The van der Waals surface area contributed by atoms with E-state index in [1.807, 2.05) is 13.8 Å². The second-order valence-electron chi connectivity index (χ2n) is 5.51. The average Bonchev–Trinajstić information content (AvgIpc) is 2.36. The largest absolute Gasteiger partial charge is 0.391 e. The van der Waals surface area contributed by atoms with Crippen molar-refractivity contribution in [2.45, 2.75) is 64.2 Å². The van der Waals surface area contributed by atoms with Crippen molar-refractivity contribution >= 4 is 18.3 Å². The van der Waals surface area contributed by atoms with Gasteiger partial charge in [-0.05, 0) is 31.6 Å². The first-order valence-corrected chi connectivity index (χ1v) is 6.88. The Balaban J connectivity index is 0.00000361. The second kappa shape index (κ2) is 8.08. The molecular formula is C13H24ClF3N2O. The van der Waals surface area contributed by atoms with Gasteiger partial charge in [-0.15, -0.1) is 12.4 Å². The highest BCUT2D eigenvalue weighted by atomic mass is 35.5. The molecule has 1 aliphatic carbocycles. The first-order chi connectivity index (χ1) is 8.75. The van der Waals surface area contributed by atoms with Gasteiger partial charge in [0.15, 0.2) is 0 Å². The SMILES string of the molecule is CCC(C)C(N)C(=O)NC1CCC(C(F)(F)F)CC1.Cl. The van der Waals surface area contributed by atoms with Crippen LogP contribution in [-0.2, 0) is 4.79 Å². The van der Waals surface area contributed by atoms with Crippen LogP contribution < -0.4 is 11.1 Å². The number of hydrogen-bond donors (Lipinski definition) is 2. The summed E-state index contributed by atoms with van der Waals surface area (Å²) in [7, 11) is 0. The highest BCUT2D eigenvalue weighted by molar-refractivity contribution is 5.85. The normalized spacial score (nSPS) is 26.3. The first kappa shape index (κ1) is 19.5. The van der Waals surface area contributed by atoms with Crippen molar-refractivity contribution in [1.29, 1.82) is 0 Å². The Labute approximate surface area is 124 Å². The number of nitrogens with two attached hydrogens (primary N) is 1. The van der Waals surface area contributed by atoms with E-state index in [1.165, 1.54) is 0 Å². The van der Waals surface area contributed by atoms with Crippen molar-refractivity contribution in [3.8, 4) is 0 Å². The van der Waals surface area contributed by atoms with Gasteiger partial charge >= 0.3 is 6.18 Å². The van der Waals surface area contributed by atoms with Gasteiger partial charge in [-0.2, -0.15) is 13.2 Å². The number of alkyl halides is 3. The fourth-order valence-corrected chi connectivity index (χ4v) is 2.37. The van der Waals surface area contributed by atoms with E-state index >= 15 is 0 Å². The van der Waals surface area contributed by atoms with Crippen LogP contribution in [0.15, 0.2) is 0 Å². The van der Waals surface area contributed by atoms with Crippen LogP contribution in [0.1, 0.15) is 46.0 Å². The van der Waals surface area contributed by atoms with Gasteiger partial charge in [0.05, 0.1) is 12.0 Å². The fourth-order valence-electron chi connectivity index (χ4n) is 2.37. The predicted octanol–water partition coefficient (Wildman–Crippen LogP) is 3.02. The molecule has 2 unspecified atom stereocenters. The maximum Gasteiger partial charge on any atom is 0.391 e. The summed E-state index contributed by atoms with van der Waals surface area (Å²) < 4.78 is 37.5. The number of hydrogen-bond acceptors (Lipinski definition) is 2. The van der Waals surface area contributed by atoms with Gasteiger partial charge in [0.25, 0.3) is 0 Å². The van der Waals surface area contributed by atoms with Crippen LogP contribution in [0.25, 0.3) is 0 Å². The fraction of sp³-hybridized carbons (Fsp3) is 0.923. The molecular weight excluding hydrogens is 293 g/mol. The van der Waals surface area contributed by atoms with E-state index < -0.39 is 18.1 Å². The van der Waals surface area contributed by atoms with Crippen molar-refractivity contribution in [1.82, 2.24) is 5.32 Å². The molecule has 120 valence electrons. The molecule has 0 saturated heterocycles. The van der Waals surface area contributed by atoms with E-state index in [4.69, 9.17) is 5.73 Å². The topological polar surface area (TPSA) is 55.1 Å². The quantitative estimate of drug-likeness (QED) is 0.837. The molecule has 0 heterocycles. The zero-order chi connectivity index (χ0) is 14.6. The lowest BCUT2D eigenvalue weighted by atomic mass is 9.85. The number of halogens is 4. The smallest absolute Gasteiger partial charge is 0.352 e. The van der Waals surface area contributed by atoms with Crippen LogP contribution in [0.4, 0.5) is 13.2 Å². The minimum absolute atomic E-state index is 0. The van der Waals surface area contributed by atoms with Gasteiger partial charge < -0.3 is 11.1 Å². The summed E-state index contributed by atoms with van der Waals surface area (Å²) in [6, 6.07) is -0.744. The summed E-state index contributed by atoms with van der Waals surface area (Å²) in [5, 5.41) is 2.77. The highest BCUT2D eigenvalue weighted by Gasteiger charge is 2.41. The van der Waals surface area contributed by atoms with Gasteiger partial charge in [-0.25, -0.2) is 0 Å². The number of carbonyl (C=O) groups excluding carboxylic acids is 1. The second-order valence-corrected chi connectivity index (χ2v) is 5.51. The molecule has 0 aromatic heterocycles. The van der Waals surface area contributed by atoms with Gasteiger partial charge in [0.2, 0.25) is 5.91 Å². The van der Waals surface area contributed by atoms with E-state index in [1.54, 1.807) is 0 Å². The Morgan fingerprint density at radius 3 is 2.20 bits per heavy atom. The average molecular weight is 317 g/mol.